The van der Waals surface area contributed by atoms with Crippen molar-refractivity contribution in [3.05, 3.63) is 0 Å². The molecule has 0 aliphatic carbocycles. The number of rotatable bonds is 2. The predicted molar refractivity (Wildman–Crippen MR) is 38.5 cm³/mol. The quantitative estimate of drug-likeness (QED) is 0.505. The van der Waals surface area contributed by atoms with E-state index in [2.05, 4.69) is 4.74 Å². The zero-order valence-corrected chi connectivity index (χ0v) is 6.97. The Labute approximate surface area is 64.9 Å². The Balaban J connectivity index is 3.99. The maximum Gasteiger partial charge on any atom is 0.506 e. The Morgan fingerprint density at radius 1 is 1.70 bits per heavy atom. The van der Waals surface area contributed by atoms with Gasteiger partial charge in [-0.25, -0.2) is 4.79 Å². The Hall–Kier alpha value is -0.440. The first-order valence-electron chi connectivity index (χ1n) is 2.92. The van der Waals surface area contributed by atoms with Crippen LogP contribution >= 0.6 is 11.6 Å². The van der Waals surface area contributed by atoms with Crippen LogP contribution in [0.15, 0.2) is 0 Å². The lowest BCUT2D eigenvalue weighted by molar-refractivity contribution is 0.00399. The Kier molecular flexibility index (Phi) is 2.96. The standard InChI is InChI=1S/C6H11ClO3/c1-4(7)6(2,3)10-5(8)9/h4H,1-3H3,(H,8,9)/t4-/m0/s1. The summed E-state index contributed by atoms with van der Waals surface area (Å²) in [5.74, 6) is 0. The third-order valence-electron chi connectivity index (χ3n) is 1.31. The average molecular weight is 167 g/mol. The summed E-state index contributed by atoms with van der Waals surface area (Å²) in [6, 6.07) is 0. The topological polar surface area (TPSA) is 46.5 Å². The minimum Gasteiger partial charge on any atom is -0.450 e. The van der Waals surface area contributed by atoms with E-state index in [1.807, 2.05) is 0 Å². The molecule has 10 heavy (non-hydrogen) atoms. The normalized spacial score (nSPS) is 14.4. The SMILES string of the molecule is C[C@H](Cl)C(C)(C)OC(=O)O. The zero-order chi connectivity index (χ0) is 8.36. The lowest BCUT2D eigenvalue weighted by Gasteiger charge is -2.25. The molecule has 4 heteroatoms. The monoisotopic (exact) mass is 166 g/mol. The molecule has 0 saturated carbocycles. The fourth-order valence-electron chi connectivity index (χ4n) is 0.306. The van der Waals surface area contributed by atoms with Gasteiger partial charge in [-0.05, 0) is 20.8 Å². The molecule has 0 aromatic heterocycles. The van der Waals surface area contributed by atoms with E-state index in [0.29, 0.717) is 0 Å². The van der Waals surface area contributed by atoms with Gasteiger partial charge in [-0.2, -0.15) is 0 Å². The maximum absolute atomic E-state index is 10.0. The molecule has 0 bridgehead atoms. The number of ether oxygens (including phenoxy) is 1. The highest BCUT2D eigenvalue weighted by atomic mass is 35.5. The summed E-state index contributed by atoms with van der Waals surface area (Å²) in [5.41, 5.74) is -0.812. The van der Waals surface area contributed by atoms with Gasteiger partial charge in [-0.3, -0.25) is 0 Å². The van der Waals surface area contributed by atoms with Crippen molar-refractivity contribution in [3.63, 3.8) is 0 Å². The van der Waals surface area contributed by atoms with Crippen molar-refractivity contribution < 1.29 is 14.6 Å². The molecule has 0 spiro atoms. The highest BCUT2D eigenvalue weighted by molar-refractivity contribution is 6.21. The molecule has 0 rings (SSSR count). The van der Waals surface area contributed by atoms with E-state index < -0.39 is 11.8 Å². The molecule has 0 fully saturated rings. The van der Waals surface area contributed by atoms with Gasteiger partial charge in [0.25, 0.3) is 0 Å². The summed E-state index contributed by atoms with van der Waals surface area (Å²) >= 11 is 5.63. The van der Waals surface area contributed by atoms with Crippen molar-refractivity contribution in [1.29, 1.82) is 0 Å². The third-order valence-corrected chi connectivity index (χ3v) is 1.83. The summed E-state index contributed by atoms with van der Waals surface area (Å²) in [7, 11) is 0. The second-order valence-corrected chi connectivity index (χ2v) is 3.24. The van der Waals surface area contributed by atoms with E-state index in [9.17, 15) is 4.79 Å². The minimum atomic E-state index is -1.29. The van der Waals surface area contributed by atoms with Crippen LogP contribution < -0.4 is 0 Å². The van der Waals surface area contributed by atoms with Gasteiger partial charge in [0, 0.05) is 0 Å². The van der Waals surface area contributed by atoms with Crippen LogP contribution in [-0.4, -0.2) is 22.2 Å². The first kappa shape index (κ1) is 9.56. The molecule has 0 aliphatic heterocycles. The number of hydrogen-bond donors (Lipinski definition) is 1. The summed E-state index contributed by atoms with van der Waals surface area (Å²) in [5, 5.41) is 7.89. The second kappa shape index (κ2) is 3.10. The van der Waals surface area contributed by atoms with Crippen molar-refractivity contribution >= 4 is 17.8 Å². The van der Waals surface area contributed by atoms with Gasteiger partial charge >= 0.3 is 6.16 Å². The lowest BCUT2D eigenvalue weighted by Crippen LogP contribution is -2.35. The fourth-order valence-corrected chi connectivity index (χ4v) is 0.351. The first-order chi connectivity index (χ1) is 4.36. The number of alkyl halides is 1. The van der Waals surface area contributed by atoms with E-state index in [0.717, 1.165) is 0 Å². The molecule has 60 valence electrons. The second-order valence-electron chi connectivity index (χ2n) is 2.59. The van der Waals surface area contributed by atoms with E-state index in [4.69, 9.17) is 16.7 Å². The summed E-state index contributed by atoms with van der Waals surface area (Å²) in [4.78, 5) is 10.0. The highest BCUT2D eigenvalue weighted by Crippen LogP contribution is 2.19. The molecule has 0 unspecified atom stereocenters. The fraction of sp³-hybridized carbons (Fsp3) is 0.833. The van der Waals surface area contributed by atoms with Crippen molar-refractivity contribution in [2.75, 3.05) is 0 Å². The zero-order valence-electron chi connectivity index (χ0n) is 6.22. The molecule has 0 radical (unpaired) electrons. The number of halogens is 1. The molecular formula is C6H11ClO3. The van der Waals surface area contributed by atoms with E-state index >= 15 is 0 Å². The lowest BCUT2D eigenvalue weighted by atomic mass is 10.1. The predicted octanol–water partition coefficient (Wildman–Crippen LogP) is 2.09. The van der Waals surface area contributed by atoms with Gasteiger partial charge in [0.2, 0.25) is 0 Å². The van der Waals surface area contributed by atoms with Gasteiger partial charge < -0.3 is 9.84 Å². The van der Waals surface area contributed by atoms with Crippen LogP contribution in [0.5, 0.6) is 0 Å². The van der Waals surface area contributed by atoms with Crippen LogP contribution in [0.4, 0.5) is 4.79 Å². The van der Waals surface area contributed by atoms with Crippen LogP contribution in [0.1, 0.15) is 20.8 Å². The molecular weight excluding hydrogens is 156 g/mol. The number of hydrogen-bond acceptors (Lipinski definition) is 2. The van der Waals surface area contributed by atoms with Gasteiger partial charge in [-0.1, -0.05) is 0 Å². The van der Waals surface area contributed by atoms with Gasteiger partial charge in [0.05, 0.1) is 5.38 Å². The molecule has 0 heterocycles. The van der Waals surface area contributed by atoms with Gasteiger partial charge in [-0.15, -0.1) is 11.6 Å². The summed E-state index contributed by atoms with van der Waals surface area (Å²) in [6.45, 7) is 4.93. The molecule has 0 saturated heterocycles. The molecule has 1 atom stereocenters. The Bertz CT molecular complexity index is 131. The van der Waals surface area contributed by atoms with Crippen LogP contribution in [0.3, 0.4) is 0 Å². The van der Waals surface area contributed by atoms with Crippen LogP contribution in [0.25, 0.3) is 0 Å². The molecule has 0 amide bonds. The third kappa shape index (κ3) is 2.92. The van der Waals surface area contributed by atoms with Crippen molar-refractivity contribution in [2.45, 2.75) is 31.7 Å². The van der Waals surface area contributed by atoms with E-state index in [-0.39, 0.29) is 5.38 Å². The molecule has 0 aromatic rings. The largest absolute Gasteiger partial charge is 0.506 e. The Morgan fingerprint density at radius 2 is 2.10 bits per heavy atom. The molecule has 1 N–H and O–H groups in total. The maximum atomic E-state index is 10.0. The van der Waals surface area contributed by atoms with E-state index in [1.165, 1.54) is 0 Å². The molecule has 0 aromatic carbocycles. The Morgan fingerprint density at radius 3 is 2.20 bits per heavy atom. The van der Waals surface area contributed by atoms with Gasteiger partial charge in [0.1, 0.15) is 5.60 Å². The summed E-state index contributed by atoms with van der Waals surface area (Å²) < 4.78 is 4.48. The van der Waals surface area contributed by atoms with Crippen LogP contribution in [0.2, 0.25) is 0 Å². The van der Waals surface area contributed by atoms with Crippen molar-refractivity contribution in [2.24, 2.45) is 0 Å². The molecule has 0 aliphatic rings. The smallest absolute Gasteiger partial charge is 0.450 e. The van der Waals surface area contributed by atoms with Crippen molar-refractivity contribution in [1.82, 2.24) is 0 Å². The molecule has 3 nitrogen and oxygen atoms in total. The average Bonchev–Trinajstić information content (AvgIpc) is 1.60. The minimum absolute atomic E-state index is 0.330. The van der Waals surface area contributed by atoms with Crippen molar-refractivity contribution in [3.8, 4) is 0 Å². The highest BCUT2D eigenvalue weighted by Gasteiger charge is 2.28. The number of carboxylic acid groups (broad SMARTS) is 1. The van der Waals surface area contributed by atoms with Gasteiger partial charge in [0.15, 0.2) is 0 Å². The van der Waals surface area contributed by atoms with Crippen LogP contribution in [0, 0.1) is 0 Å². The first-order valence-corrected chi connectivity index (χ1v) is 3.36. The number of carbonyl (C=O) groups is 1. The van der Waals surface area contributed by atoms with E-state index in [1.54, 1.807) is 20.8 Å². The summed E-state index contributed by atoms with van der Waals surface area (Å²) in [6.07, 6.45) is -1.29. The van der Waals surface area contributed by atoms with Crippen LogP contribution in [-0.2, 0) is 4.74 Å².